The van der Waals surface area contributed by atoms with E-state index in [1.807, 2.05) is 13.8 Å². The minimum absolute atomic E-state index is 0.0640. The Morgan fingerprint density at radius 1 is 1.37 bits per heavy atom. The summed E-state index contributed by atoms with van der Waals surface area (Å²) < 4.78 is 37.7. The number of nitriles is 1. The number of hydrogen-bond acceptors (Lipinski definition) is 2. The van der Waals surface area contributed by atoms with Crippen LogP contribution in [0.3, 0.4) is 0 Å². The van der Waals surface area contributed by atoms with E-state index >= 15 is 0 Å². The molecule has 0 spiro atoms. The van der Waals surface area contributed by atoms with Gasteiger partial charge in [-0.3, -0.25) is 4.79 Å². The van der Waals surface area contributed by atoms with E-state index < -0.39 is 17.7 Å². The fourth-order valence-electron chi connectivity index (χ4n) is 1.75. The van der Waals surface area contributed by atoms with Crippen LogP contribution >= 0.6 is 0 Å². The van der Waals surface area contributed by atoms with Crippen LogP contribution in [0.2, 0.25) is 0 Å². The molecule has 19 heavy (non-hydrogen) atoms. The van der Waals surface area contributed by atoms with Crippen LogP contribution in [0, 0.1) is 17.2 Å². The fraction of sp³-hybridized carbons (Fsp3) is 0.429. The third-order valence-corrected chi connectivity index (χ3v) is 2.61. The number of carbonyl (C=O) groups is 1. The average Bonchev–Trinajstić information content (AvgIpc) is 2.28. The Bertz CT molecular complexity index is 500. The summed E-state index contributed by atoms with van der Waals surface area (Å²) >= 11 is 0. The van der Waals surface area contributed by atoms with Gasteiger partial charge in [-0.05, 0) is 17.5 Å². The summed E-state index contributed by atoms with van der Waals surface area (Å²) in [6.07, 6.45) is -4.30. The molecular formula is C14H14F3NO. The molecule has 0 saturated carbocycles. The summed E-state index contributed by atoms with van der Waals surface area (Å²) in [6, 6.07) is 6.16. The van der Waals surface area contributed by atoms with Gasteiger partial charge in [-0.2, -0.15) is 18.4 Å². The van der Waals surface area contributed by atoms with Crippen molar-refractivity contribution in [2.75, 3.05) is 0 Å². The largest absolute Gasteiger partial charge is 0.416 e. The van der Waals surface area contributed by atoms with E-state index in [-0.39, 0.29) is 23.7 Å². The first-order chi connectivity index (χ1) is 8.75. The first-order valence-corrected chi connectivity index (χ1v) is 5.85. The molecule has 0 aliphatic rings. The van der Waals surface area contributed by atoms with Gasteiger partial charge in [0.25, 0.3) is 0 Å². The molecule has 0 fully saturated rings. The Hall–Kier alpha value is -1.83. The lowest BCUT2D eigenvalue weighted by Gasteiger charge is -2.13. The van der Waals surface area contributed by atoms with Gasteiger partial charge in [-0.15, -0.1) is 0 Å². The summed E-state index contributed by atoms with van der Waals surface area (Å²) in [5.41, 5.74) is -0.745. The predicted molar refractivity (Wildman–Crippen MR) is 64.3 cm³/mol. The third-order valence-electron chi connectivity index (χ3n) is 2.61. The standard InChI is InChI=1S/C14H14F3NO/c1-9(2)6-13(19)12(8-18)10-4-3-5-11(7-10)14(15,16)17/h3-5,7,9,12H,6H2,1-2H3. The molecule has 2 nitrogen and oxygen atoms in total. The lowest BCUT2D eigenvalue weighted by Crippen LogP contribution is -2.14. The van der Waals surface area contributed by atoms with Crippen molar-refractivity contribution >= 4 is 5.78 Å². The van der Waals surface area contributed by atoms with Crippen molar-refractivity contribution in [2.24, 2.45) is 5.92 Å². The maximum atomic E-state index is 12.6. The SMILES string of the molecule is CC(C)CC(=O)C(C#N)c1cccc(C(F)(F)F)c1. The molecule has 0 aromatic heterocycles. The molecule has 0 radical (unpaired) electrons. The smallest absolute Gasteiger partial charge is 0.298 e. The summed E-state index contributed by atoms with van der Waals surface area (Å²) in [6.45, 7) is 3.64. The quantitative estimate of drug-likeness (QED) is 0.831. The molecule has 102 valence electrons. The number of carbonyl (C=O) groups excluding carboxylic acids is 1. The van der Waals surface area contributed by atoms with E-state index in [0.717, 1.165) is 12.1 Å². The van der Waals surface area contributed by atoms with Crippen LogP contribution in [0.25, 0.3) is 0 Å². The number of Topliss-reactive ketones (excluding diaryl/α,β-unsaturated/α-hetero) is 1. The highest BCUT2D eigenvalue weighted by Gasteiger charge is 2.31. The summed E-state index contributed by atoms with van der Waals surface area (Å²) in [4.78, 5) is 11.8. The van der Waals surface area contributed by atoms with Crippen molar-refractivity contribution in [3.05, 3.63) is 35.4 Å². The van der Waals surface area contributed by atoms with Gasteiger partial charge in [0.2, 0.25) is 0 Å². The molecule has 5 heteroatoms. The van der Waals surface area contributed by atoms with Crippen molar-refractivity contribution in [1.82, 2.24) is 0 Å². The Morgan fingerprint density at radius 2 is 2.00 bits per heavy atom. The van der Waals surface area contributed by atoms with Gasteiger partial charge in [0.1, 0.15) is 5.92 Å². The normalized spacial score (nSPS) is 13.1. The zero-order chi connectivity index (χ0) is 14.6. The van der Waals surface area contributed by atoms with Crippen LogP contribution in [0.1, 0.15) is 37.3 Å². The summed E-state index contributed by atoms with van der Waals surface area (Å²) in [5.74, 6) is -1.42. The number of ketones is 1. The van der Waals surface area contributed by atoms with Crippen molar-refractivity contribution in [1.29, 1.82) is 5.26 Å². The van der Waals surface area contributed by atoms with E-state index in [1.165, 1.54) is 12.1 Å². The Labute approximate surface area is 109 Å². The second-order valence-corrected chi connectivity index (χ2v) is 4.75. The lowest BCUT2D eigenvalue weighted by molar-refractivity contribution is -0.137. The Morgan fingerprint density at radius 3 is 2.47 bits per heavy atom. The highest BCUT2D eigenvalue weighted by atomic mass is 19.4. The molecule has 1 rings (SSSR count). The second kappa shape index (κ2) is 5.87. The molecule has 0 heterocycles. The van der Waals surface area contributed by atoms with Crippen molar-refractivity contribution in [3.8, 4) is 6.07 Å². The van der Waals surface area contributed by atoms with E-state index in [0.29, 0.717) is 0 Å². The van der Waals surface area contributed by atoms with Crippen LogP contribution in [-0.4, -0.2) is 5.78 Å². The molecule has 0 amide bonds. The van der Waals surface area contributed by atoms with Gasteiger partial charge >= 0.3 is 6.18 Å². The van der Waals surface area contributed by atoms with Crippen LogP contribution in [0.4, 0.5) is 13.2 Å². The van der Waals surface area contributed by atoms with Gasteiger partial charge in [0, 0.05) is 6.42 Å². The van der Waals surface area contributed by atoms with Crippen LogP contribution < -0.4 is 0 Å². The second-order valence-electron chi connectivity index (χ2n) is 4.75. The highest BCUT2D eigenvalue weighted by Crippen LogP contribution is 2.31. The van der Waals surface area contributed by atoms with Gasteiger partial charge in [0.15, 0.2) is 5.78 Å². The molecule has 1 unspecified atom stereocenters. The van der Waals surface area contributed by atoms with Crippen molar-refractivity contribution in [2.45, 2.75) is 32.4 Å². The number of alkyl halides is 3. The van der Waals surface area contributed by atoms with Crippen molar-refractivity contribution in [3.63, 3.8) is 0 Å². The van der Waals surface area contributed by atoms with Gasteiger partial charge in [-0.1, -0.05) is 32.0 Å². The molecule has 0 aliphatic heterocycles. The fourth-order valence-corrected chi connectivity index (χ4v) is 1.75. The molecule has 1 aromatic carbocycles. The number of nitrogens with zero attached hydrogens (tertiary/aromatic N) is 1. The van der Waals surface area contributed by atoms with Crippen LogP contribution in [0.5, 0.6) is 0 Å². The number of halogens is 3. The Balaban J connectivity index is 3.07. The van der Waals surface area contributed by atoms with Gasteiger partial charge in [-0.25, -0.2) is 0 Å². The lowest BCUT2D eigenvalue weighted by atomic mass is 9.90. The number of hydrogen-bond donors (Lipinski definition) is 0. The summed E-state index contributed by atoms with van der Waals surface area (Å²) in [5, 5.41) is 9.00. The van der Waals surface area contributed by atoms with Gasteiger partial charge < -0.3 is 0 Å². The third kappa shape index (κ3) is 4.09. The van der Waals surface area contributed by atoms with E-state index in [4.69, 9.17) is 5.26 Å². The highest BCUT2D eigenvalue weighted by molar-refractivity contribution is 5.88. The number of rotatable bonds is 4. The first-order valence-electron chi connectivity index (χ1n) is 5.85. The topological polar surface area (TPSA) is 40.9 Å². The minimum Gasteiger partial charge on any atom is -0.298 e. The molecule has 0 aliphatic carbocycles. The zero-order valence-electron chi connectivity index (χ0n) is 10.7. The zero-order valence-corrected chi connectivity index (χ0v) is 10.7. The Kier molecular flexibility index (Phi) is 4.71. The summed E-state index contributed by atoms with van der Waals surface area (Å²) in [7, 11) is 0. The average molecular weight is 269 g/mol. The number of benzene rings is 1. The minimum atomic E-state index is -4.48. The molecule has 0 bridgehead atoms. The van der Waals surface area contributed by atoms with Crippen LogP contribution in [0.15, 0.2) is 24.3 Å². The molecule has 0 saturated heterocycles. The molecule has 1 atom stereocenters. The van der Waals surface area contributed by atoms with Gasteiger partial charge in [0.05, 0.1) is 11.6 Å². The maximum absolute atomic E-state index is 12.6. The van der Waals surface area contributed by atoms with Crippen LogP contribution in [-0.2, 0) is 11.0 Å². The van der Waals surface area contributed by atoms with Crippen molar-refractivity contribution < 1.29 is 18.0 Å². The molecule has 1 aromatic rings. The first kappa shape index (κ1) is 15.2. The van der Waals surface area contributed by atoms with E-state index in [2.05, 4.69) is 0 Å². The van der Waals surface area contributed by atoms with E-state index in [9.17, 15) is 18.0 Å². The van der Waals surface area contributed by atoms with E-state index in [1.54, 1.807) is 6.07 Å². The molecular weight excluding hydrogens is 255 g/mol. The predicted octanol–water partition coefficient (Wildman–Crippen LogP) is 3.93. The maximum Gasteiger partial charge on any atom is 0.416 e. The monoisotopic (exact) mass is 269 g/mol. The molecule has 0 N–H and O–H groups in total.